The molecule has 0 aromatic carbocycles. The maximum absolute atomic E-state index is 12.4. The Morgan fingerprint density at radius 1 is 1.53 bits per heavy atom. The van der Waals surface area contributed by atoms with Crippen LogP contribution in [0.5, 0.6) is 0 Å². The number of hydrogen-bond donors (Lipinski definition) is 1. The number of nitrogens with one attached hydrogen (secondary N) is 1. The van der Waals surface area contributed by atoms with Crippen molar-refractivity contribution in [1.29, 1.82) is 0 Å². The summed E-state index contributed by atoms with van der Waals surface area (Å²) in [6, 6.07) is 0. The minimum Gasteiger partial charge on any atom is -0.338 e. The Kier molecular flexibility index (Phi) is 3.50. The maximum Gasteiger partial charge on any atom is 0.257 e. The van der Waals surface area contributed by atoms with Crippen LogP contribution in [0.2, 0.25) is 0 Å². The van der Waals surface area contributed by atoms with E-state index >= 15 is 0 Å². The molecule has 4 heteroatoms. The van der Waals surface area contributed by atoms with Gasteiger partial charge in [-0.05, 0) is 32.6 Å². The lowest BCUT2D eigenvalue weighted by Gasteiger charge is -2.16. The van der Waals surface area contributed by atoms with Gasteiger partial charge >= 0.3 is 0 Å². The second-order valence-corrected chi connectivity index (χ2v) is 5.00. The summed E-state index contributed by atoms with van der Waals surface area (Å²) < 4.78 is 0. The molecule has 1 saturated heterocycles. The molecule has 1 unspecified atom stereocenters. The molecular formula is C13H21N3O. The predicted octanol–water partition coefficient (Wildman–Crippen LogP) is 2.29. The highest BCUT2D eigenvalue weighted by molar-refractivity contribution is 5.96. The molecule has 0 radical (unpaired) electrons. The smallest absolute Gasteiger partial charge is 0.257 e. The van der Waals surface area contributed by atoms with Crippen LogP contribution >= 0.6 is 0 Å². The van der Waals surface area contributed by atoms with Crippen LogP contribution in [-0.4, -0.2) is 34.1 Å². The van der Waals surface area contributed by atoms with Crippen LogP contribution in [0.15, 0.2) is 0 Å². The second kappa shape index (κ2) is 4.90. The molecule has 1 fully saturated rings. The number of aryl methyl sites for hydroxylation is 2. The molecule has 1 atom stereocenters. The lowest BCUT2D eigenvalue weighted by Crippen LogP contribution is -2.29. The number of rotatable bonds is 3. The van der Waals surface area contributed by atoms with Gasteiger partial charge in [0.25, 0.3) is 5.91 Å². The third kappa shape index (κ3) is 2.35. The van der Waals surface area contributed by atoms with Crippen molar-refractivity contribution in [1.82, 2.24) is 15.1 Å². The van der Waals surface area contributed by atoms with Crippen molar-refractivity contribution < 1.29 is 4.79 Å². The number of H-pyrrole nitrogens is 1. The van der Waals surface area contributed by atoms with Gasteiger partial charge in [0.15, 0.2) is 0 Å². The van der Waals surface area contributed by atoms with Crippen LogP contribution in [0.4, 0.5) is 0 Å². The Balaban J connectivity index is 2.07. The van der Waals surface area contributed by atoms with Gasteiger partial charge in [-0.1, -0.05) is 13.3 Å². The largest absolute Gasteiger partial charge is 0.338 e. The Hall–Kier alpha value is -1.32. The molecule has 0 saturated carbocycles. The number of carbonyl (C=O) groups is 1. The monoisotopic (exact) mass is 235 g/mol. The van der Waals surface area contributed by atoms with Gasteiger partial charge in [0, 0.05) is 18.8 Å². The third-order valence-electron chi connectivity index (χ3n) is 3.61. The van der Waals surface area contributed by atoms with Crippen LogP contribution in [0.1, 0.15) is 47.9 Å². The van der Waals surface area contributed by atoms with Gasteiger partial charge in [-0.2, -0.15) is 5.10 Å². The van der Waals surface area contributed by atoms with Crippen molar-refractivity contribution in [3.05, 3.63) is 17.0 Å². The van der Waals surface area contributed by atoms with Crippen molar-refractivity contribution in [2.24, 2.45) is 5.92 Å². The average molecular weight is 235 g/mol. The highest BCUT2D eigenvalue weighted by Crippen LogP contribution is 2.23. The van der Waals surface area contributed by atoms with E-state index in [1.54, 1.807) is 0 Å². The van der Waals surface area contributed by atoms with Crippen LogP contribution in [0.3, 0.4) is 0 Å². The highest BCUT2D eigenvalue weighted by atomic mass is 16.2. The van der Waals surface area contributed by atoms with Crippen molar-refractivity contribution in [2.45, 2.75) is 40.0 Å². The van der Waals surface area contributed by atoms with E-state index in [2.05, 4.69) is 17.1 Å². The van der Waals surface area contributed by atoms with Gasteiger partial charge in [0.1, 0.15) is 0 Å². The van der Waals surface area contributed by atoms with Crippen LogP contribution in [0.25, 0.3) is 0 Å². The zero-order chi connectivity index (χ0) is 12.4. The summed E-state index contributed by atoms with van der Waals surface area (Å²) in [4.78, 5) is 14.3. The number of likely N-dealkylation sites (tertiary alicyclic amines) is 1. The summed E-state index contributed by atoms with van der Waals surface area (Å²) >= 11 is 0. The number of aromatic nitrogens is 2. The van der Waals surface area contributed by atoms with E-state index in [1.165, 1.54) is 12.8 Å². The number of aromatic amines is 1. The lowest BCUT2D eigenvalue weighted by atomic mass is 10.0. The molecule has 4 nitrogen and oxygen atoms in total. The molecule has 94 valence electrons. The van der Waals surface area contributed by atoms with E-state index in [0.717, 1.165) is 36.5 Å². The quantitative estimate of drug-likeness (QED) is 0.873. The predicted molar refractivity (Wildman–Crippen MR) is 67.0 cm³/mol. The molecule has 1 aliphatic rings. The summed E-state index contributed by atoms with van der Waals surface area (Å²) in [5.41, 5.74) is 2.46. The van der Waals surface area contributed by atoms with E-state index in [-0.39, 0.29) is 5.91 Å². The summed E-state index contributed by atoms with van der Waals surface area (Å²) in [6.45, 7) is 7.81. The first-order chi connectivity index (χ1) is 8.13. The number of hydrogen-bond acceptors (Lipinski definition) is 2. The van der Waals surface area contributed by atoms with E-state index in [0.29, 0.717) is 5.92 Å². The SMILES string of the molecule is CCCC1CCN(C(=O)c2c(C)n[nH]c2C)C1. The molecule has 1 aromatic rings. The zero-order valence-corrected chi connectivity index (χ0v) is 10.9. The highest BCUT2D eigenvalue weighted by Gasteiger charge is 2.28. The molecule has 17 heavy (non-hydrogen) atoms. The average Bonchev–Trinajstić information content (AvgIpc) is 2.87. The second-order valence-electron chi connectivity index (χ2n) is 5.00. The Morgan fingerprint density at radius 2 is 2.29 bits per heavy atom. The van der Waals surface area contributed by atoms with Gasteiger partial charge in [-0.25, -0.2) is 0 Å². The molecule has 2 rings (SSSR count). The van der Waals surface area contributed by atoms with Gasteiger partial charge in [0.2, 0.25) is 0 Å². The third-order valence-corrected chi connectivity index (χ3v) is 3.61. The van der Waals surface area contributed by atoms with E-state index in [4.69, 9.17) is 0 Å². The molecule has 1 aliphatic heterocycles. The van der Waals surface area contributed by atoms with Gasteiger partial charge in [-0.3, -0.25) is 9.89 Å². The topological polar surface area (TPSA) is 49.0 Å². The maximum atomic E-state index is 12.4. The zero-order valence-electron chi connectivity index (χ0n) is 10.9. The fourth-order valence-electron chi connectivity index (χ4n) is 2.69. The summed E-state index contributed by atoms with van der Waals surface area (Å²) in [5, 5.41) is 6.97. The molecule has 0 aliphatic carbocycles. The summed E-state index contributed by atoms with van der Waals surface area (Å²) in [7, 11) is 0. The summed E-state index contributed by atoms with van der Waals surface area (Å²) in [5.74, 6) is 0.837. The van der Waals surface area contributed by atoms with Crippen molar-refractivity contribution in [2.75, 3.05) is 13.1 Å². The van der Waals surface area contributed by atoms with Crippen molar-refractivity contribution in [3.63, 3.8) is 0 Å². The molecule has 1 aromatic heterocycles. The number of nitrogens with zero attached hydrogens (tertiary/aromatic N) is 2. The van der Waals surface area contributed by atoms with Gasteiger partial charge in [0.05, 0.1) is 11.3 Å². The lowest BCUT2D eigenvalue weighted by molar-refractivity contribution is 0.0785. The fourth-order valence-corrected chi connectivity index (χ4v) is 2.69. The fraction of sp³-hybridized carbons (Fsp3) is 0.692. The number of amides is 1. The van der Waals surface area contributed by atoms with E-state index in [1.807, 2.05) is 18.7 Å². The minimum absolute atomic E-state index is 0.146. The minimum atomic E-state index is 0.146. The molecular weight excluding hydrogens is 214 g/mol. The first-order valence-corrected chi connectivity index (χ1v) is 6.44. The first kappa shape index (κ1) is 12.1. The molecule has 2 heterocycles. The van der Waals surface area contributed by atoms with E-state index < -0.39 is 0 Å². The summed E-state index contributed by atoms with van der Waals surface area (Å²) in [6.07, 6.45) is 3.58. The van der Waals surface area contributed by atoms with Crippen LogP contribution in [-0.2, 0) is 0 Å². The van der Waals surface area contributed by atoms with E-state index in [9.17, 15) is 4.79 Å². The van der Waals surface area contributed by atoms with Crippen LogP contribution < -0.4 is 0 Å². The first-order valence-electron chi connectivity index (χ1n) is 6.44. The van der Waals surface area contributed by atoms with Crippen molar-refractivity contribution >= 4 is 5.91 Å². The Bertz CT molecular complexity index is 391. The molecule has 0 bridgehead atoms. The standard InChI is InChI=1S/C13H21N3O/c1-4-5-11-6-7-16(8-11)13(17)12-9(2)14-15-10(12)3/h11H,4-8H2,1-3H3,(H,14,15). The number of carbonyl (C=O) groups excluding carboxylic acids is 1. The normalized spacial score (nSPS) is 19.9. The van der Waals surface area contributed by atoms with Gasteiger partial charge in [-0.15, -0.1) is 0 Å². The Morgan fingerprint density at radius 3 is 2.88 bits per heavy atom. The Labute approximate surface area is 102 Å². The van der Waals surface area contributed by atoms with Gasteiger partial charge < -0.3 is 4.90 Å². The van der Waals surface area contributed by atoms with Crippen molar-refractivity contribution in [3.8, 4) is 0 Å². The molecule has 1 amide bonds. The molecule has 0 spiro atoms. The molecule has 1 N–H and O–H groups in total. The van der Waals surface area contributed by atoms with Crippen LogP contribution in [0, 0.1) is 19.8 Å².